The van der Waals surface area contributed by atoms with Gasteiger partial charge in [-0.25, -0.2) is 4.79 Å². The summed E-state index contributed by atoms with van der Waals surface area (Å²) in [5, 5.41) is 1.25. The van der Waals surface area contributed by atoms with Gasteiger partial charge >= 0.3 is 6.03 Å². The maximum atomic E-state index is 13.1. The minimum Gasteiger partial charge on any atom is -0.322 e. The predicted octanol–water partition coefficient (Wildman–Crippen LogP) is 4.04. The standard InChI is InChI=1S/C22H23N3O/c1-2-23-15-20-21-18(12-13-24(20)14-16-8-4-3-5-9-16)17-10-6-7-11-19(17)25(21)22(23)26/h3-11,20H,2,12-15H2,1H3. The van der Waals surface area contributed by atoms with E-state index in [1.807, 2.05) is 15.5 Å². The van der Waals surface area contributed by atoms with Crippen LogP contribution in [0, 0.1) is 0 Å². The Morgan fingerprint density at radius 3 is 2.62 bits per heavy atom. The lowest BCUT2D eigenvalue weighted by Crippen LogP contribution is -2.50. The van der Waals surface area contributed by atoms with Gasteiger partial charge < -0.3 is 4.90 Å². The Bertz CT molecular complexity index is 976. The molecule has 0 fully saturated rings. The normalized spacial score (nSPS) is 19.8. The van der Waals surface area contributed by atoms with Crippen LogP contribution in [-0.4, -0.2) is 40.0 Å². The summed E-state index contributed by atoms with van der Waals surface area (Å²) in [7, 11) is 0. The maximum Gasteiger partial charge on any atom is 0.328 e. The highest BCUT2D eigenvalue weighted by molar-refractivity contribution is 5.96. The summed E-state index contributed by atoms with van der Waals surface area (Å²) in [6.07, 6.45) is 1.01. The van der Waals surface area contributed by atoms with Gasteiger partial charge in [0.2, 0.25) is 0 Å². The first-order valence-corrected chi connectivity index (χ1v) is 9.47. The van der Waals surface area contributed by atoms with Gasteiger partial charge in [0.1, 0.15) is 0 Å². The summed E-state index contributed by atoms with van der Waals surface area (Å²) in [5.74, 6) is 0. The van der Waals surface area contributed by atoms with Crippen molar-refractivity contribution in [1.29, 1.82) is 0 Å². The topological polar surface area (TPSA) is 28.5 Å². The van der Waals surface area contributed by atoms with E-state index < -0.39 is 0 Å². The van der Waals surface area contributed by atoms with Gasteiger partial charge in [-0.3, -0.25) is 9.47 Å². The molecule has 26 heavy (non-hydrogen) atoms. The van der Waals surface area contributed by atoms with Crippen molar-refractivity contribution in [3.63, 3.8) is 0 Å². The monoisotopic (exact) mass is 345 g/mol. The van der Waals surface area contributed by atoms with Crippen LogP contribution in [0.4, 0.5) is 4.79 Å². The van der Waals surface area contributed by atoms with Crippen LogP contribution in [0.25, 0.3) is 10.9 Å². The Morgan fingerprint density at radius 1 is 1.04 bits per heavy atom. The fourth-order valence-electron chi connectivity index (χ4n) is 4.63. The number of carbonyl (C=O) groups is 1. The number of hydrogen-bond acceptors (Lipinski definition) is 2. The fourth-order valence-corrected chi connectivity index (χ4v) is 4.63. The van der Waals surface area contributed by atoms with Crippen LogP contribution in [-0.2, 0) is 13.0 Å². The number of para-hydroxylation sites is 1. The number of likely N-dealkylation sites (N-methyl/N-ethyl adjacent to an activating group) is 1. The number of hydrogen-bond donors (Lipinski definition) is 0. The van der Waals surface area contributed by atoms with Crippen molar-refractivity contribution in [3.05, 3.63) is 71.4 Å². The molecule has 3 heterocycles. The molecule has 0 bridgehead atoms. The number of nitrogens with zero attached hydrogens (tertiary/aromatic N) is 3. The summed E-state index contributed by atoms with van der Waals surface area (Å²) in [6.45, 7) is 5.56. The third-order valence-electron chi connectivity index (χ3n) is 5.89. The van der Waals surface area contributed by atoms with Gasteiger partial charge in [0.25, 0.3) is 0 Å². The highest BCUT2D eigenvalue weighted by Gasteiger charge is 2.40. The Balaban J connectivity index is 1.65. The first kappa shape index (κ1) is 15.6. The van der Waals surface area contributed by atoms with Crippen LogP contribution in [0.3, 0.4) is 0 Å². The average Bonchev–Trinajstić information content (AvgIpc) is 3.02. The van der Waals surface area contributed by atoms with E-state index in [-0.39, 0.29) is 12.1 Å². The summed E-state index contributed by atoms with van der Waals surface area (Å²) < 4.78 is 1.99. The number of benzene rings is 2. The van der Waals surface area contributed by atoms with Gasteiger partial charge in [-0.1, -0.05) is 48.5 Å². The van der Waals surface area contributed by atoms with Crippen LogP contribution in [0.15, 0.2) is 54.6 Å². The summed E-state index contributed by atoms with van der Waals surface area (Å²) in [6, 6.07) is 19.4. The summed E-state index contributed by atoms with van der Waals surface area (Å²) in [5.41, 5.74) is 4.99. The molecule has 1 unspecified atom stereocenters. The molecule has 4 nitrogen and oxygen atoms in total. The molecule has 2 aromatic carbocycles. The molecule has 4 heteroatoms. The maximum absolute atomic E-state index is 13.1. The minimum atomic E-state index is 0.128. The van der Waals surface area contributed by atoms with Crippen molar-refractivity contribution in [2.24, 2.45) is 0 Å². The highest BCUT2D eigenvalue weighted by Crippen LogP contribution is 2.40. The number of rotatable bonds is 3. The zero-order valence-electron chi connectivity index (χ0n) is 15.1. The van der Waals surface area contributed by atoms with E-state index in [9.17, 15) is 4.79 Å². The first-order chi connectivity index (χ1) is 12.8. The molecule has 0 radical (unpaired) electrons. The van der Waals surface area contributed by atoms with Gasteiger partial charge in [-0.2, -0.15) is 0 Å². The first-order valence-electron chi connectivity index (χ1n) is 9.47. The van der Waals surface area contributed by atoms with Crippen LogP contribution >= 0.6 is 0 Å². The van der Waals surface area contributed by atoms with Gasteiger partial charge in [-0.05, 0) is 30.5 Å². The van der Waals surface area contributed by atoms with Crippen LogP contribution < -0.4 is 0 Å². The zero-order valence-corrected chi connectivity index (χ0v) is 15.1. The van der Waals surface area contributed by atoms with Crippen LogP contribution in [0.2, 0.25) is 0 Å². The minimum absolute atomic E-state index is 0.128. The quantitative estimate of drug-likeness (QED) is 0.717. The molecule has 2 aliphatic rings. The smallest absolute Gasteiger partial charge is 0.322 e. The molecule has 0 N–H and O–H groups in total. The second kappa shape index (κ2) is 5.99. The van der Waals surface area contributed by atoms with E-state index in [4.69, 9.17) is 0 Å². The number of aromatic nitrogens is 1. The molecule has 1 aromatic heterocycles. The van der Waals surface area contributed by atoms with Gasteiger partial charge in [0.05, 0.1) is 17.3 Å². The molecular formula is C22H23N3O. The lowest BCUT2D eigenvalue weighted by atomic mass is 9.95. The molecular weight excluding hydrogens is 322 g/mol. The Kier molecular flexibility index (Phi) is 3.61. The zero-order chi connectivity index (χ0) is 17.7. The molecule has 3 aromatic rings. The van der Waals surface area contributed by atoms with Crippen molar-refractivity contribution < 1.29 is 4.79 Å². The van der Waals surface area contributed by atoms with E-state index in [0.29, 0.717) is 0 Å². The van der Waals surface area contributed by atoms with Gasteiger partial charge in [0, 0.05) is 31.6 Å². The van der Waals surface area contributed by atoms with Crippen LogP contribution in [0.5, 0.6) is 0 Å². The second-order valence-electron chi connectivity index (χ2n) is 7.26. The van der Waals surface area contributed by atoms with E-state index in [1.54, 1.807) is 0 Å². The number of carbonyl (C=O) groups excluding carboxylic acids is 1. The molecule has 0 aliphatic carbocycles. The predicted molar refractivity (Wildman–Crippen MR) is 103 cm³/mol. The number of fused-ring (bicyclic) bond motifs is 3. The molecule has 0 spiro atoms. The van der Waals surface area contributed by atoms with E-state index in [1.165, 1.54) is 22.2 Å². The van der Waals surface area contributed by atoms with Crippen molar-refractivity contribution >= 4 is 16.9 Å². The van der Waals surface area contributed by atoms with Crippen LogP contribution in [0.1, 0.15) is 29.8 Å². The molecule has 0 saturated carbocycles. The van der Waals surface area contributed by atoms with Crippen molar-refractivity contribution in [2.45, 2.75) is 25.9 Å². The average molecular weight is 345 g/mol. The lowest BCUT2D eigenvalue weighted by molar-refractivity contribution is 0.111. The second-order valence-corrected chi connectivity index (χ2v) is 7.26. The van der Waals surface area contributed by atoms with Crippen molar-refractivity contribution in [3.8, 4) is 0 Å². The Hall–Kier alpha value is -2.59. The lowest BCUT2D eigenvalue weighted by Gasteiger charge is -2.42. The molecule has 1 atom stereocenters. The summed E-state index contributed by atoms with van der Waals surface area (Å²) in [4.78, 5) is 17.6. The molecule has 2 aliphatic heterocycles. The van der Waals surface area contributed by atoms with Gasteiger partial charge in [-0.15, -0.1) is 0 Å². The fraction of sp³-hybridized carbons (Fsp3) is 0.318. The van der Waals surface area contributed by atoms with Crippen molar-refractivity contribution in [1.82, 2.24) is 14.4 Å². The molecule has 0 saturated heterocycles. The molecule has 5 rings (SSSR count). The highest BCUT2D eigenvalue weighted by atomic mass is 16.2. The van der Waals surface area contributed by atoms with Gasteiger partial charge in [0.15, 0.2) is 0 Å². The van der Waals surface area contributed by atoms with Crippen molar-refractivity contribution in [2.75, 3.05) is 19.6 Å². The molecule has 1 amide bonds. The largest absolute Gasteiger partial charge is 0.328 e. The Labute approximate surface area is 153 Å². The van der Waals surface area contributed by atoms with E-state index >= 15 is 0 Å². The third kappa shape index (κ3) is 2.22. The Morgan fingerprint density at radius 2 is 1.81 bits per heavy atom. The van der Waals surface area contributed by atoms with E-state index in [2.05, 4.69) is 60.4 Å². The molecule has 132 valence electrons. The summed E-state index contributed by atoms with van der Waals surface area (Å²) >= 11 is 0. The third-order valence-corrected chi connectivity index (χ3v) is 5.89. The van der Waals surface area contributed by atoms with E-state index in [0.717, 1.165) is 38.1 Å². The number of amides is 1. The SMILES string of the molecule is CCN1CC2c3c(c4ccccc4n3C1=O)CCN2Cc1ccccc1.